The van der Waals surface area contributed by atoms with E-state index in [-0.39, 0.29) is 6.54 Å². The Balaban J connectivity index is 2.27. The molecule has 0 bridgehead atoms. The normalized spacial score (nSPS) is 10.8. The van der Waals surface area contributed by atoms with Crippen molar-refractivity contribution in [1.82, 2.24) is 14.3 Å². The van der Waals surface area contributed by atoms with Crippen molar-refractivity contribution < 1.29 is 9.90 Å². The quantitative estimate of drug-likeness (QED) is 0.744. The van der Waals surface area contributed by atoms with E-state index in [2.05, 4.69) is 5.10 Å². The fraction of sp³-hybridized carbons (Fsp3) is 0.158. The van der Waals surface area contributed by atoms with Crippen molar-refractivity contribution in [1.29, 1.82) is 0 Å². The minimum atomic E-state index is -1.50. The third kappa shape index (κ3) is 3.83. The van der Waals surface area contributed by atoms with Crippen molar-refractivity contribution in [2.45, 2.75) is 20.4 Å². The zero-order valence-corrected chi connectivity index (χ0v) is 15.4. The molecule has 138 valence electrons. The van der Waals surface area contributed by atoms with Gasteiger partial charge >= 0.3 is 11.7 Å². The maximum Gasteiger partial charge on any atom is 0.362 e. The van der Waals surface area contributed by atoms with E-state index in [4.69, 9.17) is 11.6 Å². The van der Waals surface area contributed by atoms with Gasteiger partial charge in [0.05, 0.1) is 12.2 Å². The van der Waals surface area contributed by atoms with Gasteiger partial charge in [0.1, 0.15) is 0 Å². The zero-order chi connectivity index (χ0) is 19.7. The summed E-state index contributed by atoms with van der Waals surface area (Å²) in [7, 11) is 0. The molecule has 0 saturated heterocycles. The van der Waals surface area contributed by atoms with E-state index >= 15 is 0 Å². The number of hydrogen-bond donors (Lipinski definition) is 1. The first kappa shape index (κ1) is 18.6. The summed E-state index contributed by atoms with van der Waals surface area (Å²) in [6, 6.07) is 12.0. The van der Waals surface area contributed by atoms with Gasteiger partial charge in [-0.1, -0.05) is 29.8 Å². The standard InChI is InChI=1S/C19H16ClN3O4/c1-11-6-12(2)8-15(7-11)23-19(27)22(17(24)16(21-23)18(25)26)10-13-4-3-5-14(20)9-13/h3-9H,10H2,1-2H3,(H,25,26). The maximum absolute atomic E-state index is 12.9. The first-order chi connectivity index (χ1) is 12.8. The van der Waals surface area contributed by atoms with Gasteiger partial charge in [0.2, 0.25) is 5.69 Å². The van der Waals surface area contributed by atoms with Gasteiger partial charge in [0.15, 0.2) is 0 Å². The molecule has 0 radical (unpaired) electrons. The minimum Gasteiger partial charge on any atom is -0.476 e. The van der Waals surface area contributed by atoms with Crippen LogP contribution in [0.15, 0.2) is 52.1 Å². The summed E-state index contributed by atoms with van der Waals surface area (Å²) in [5, 5.41) is 13.6. The highest BCUT2D eigenvalue weighted by Crippen LogP contribution is 2.12. The monoisotopic (exact) mass is 385 g/mol. The molecule has 3 aromatic rings. The number of rotatable bonds is 4. The Morgan fingerprint density at radius 3 is 2.37 bits per heavy atom. The number of carbonyl (C=O) groups is 1. The van der Waals surface area contributed by atoms with E-state index < -0.39 is 22.9 Å². The molecule has 0 aliphatic carbocycles. The number of aromatic carboxylic acids is 1. The molecule has 7 nitrogen and oxygen atoms in total. The molecule has 0 aliphatic heterocycles. The third-order valence-electron chi connectivity index (χ3n) is 3.94. The molecule has 0 aliphatic rings. The summed E-state index contributed by atoms with van der Waals surface area (Å²) in [4.78, 5) is 36.9. The molecule has 27 heavy (non-hydrogen) atoms. The number of carboxylic acid groups (broad SMARTS) is 1. The largest absolute Gasteiger partial charge is 0.476 e. The van der Waals surface area contributed by atoms with E-state index in [0.29, 0.717) is 16.3 Å². The second-order valence-corrected chi connectivity index (χ2v) is 6.65. The Morgan fingerprint density at radius 2 is 1.78 bits per heavy atom. The zero-order valence-electron chi connectivity index (χ0n) is 14.6. The lowest BCUT2D eigenvalue weighted by atomic mass is 10.1. The van der Waals surface area contributed by atoms with Crippen molar-refractivity contribution in [3.05, 3.63) is 90.7 Å². The SMILES string of the molecule is Cc1cc(C)cc(-n2nc(C(=O)O)c(=O)n(Cc3cccc(Cl)c3)c2=O)c1. The Labute approximate surface area is 159 Å². The van der Waals surface area contributed by atoms with Gasteiger partial charge in [-0.15, -0.1) is 0 Å². The predicted octanol–water partition coefficient (Wildman–Crippen LogP) is 2.41. The minimum absolute atomic E-state index is 0.119. The number of aromatic nitrogens is 3. The van der Waals surface area contributed by atoms with E-state index in [9.17, 15) is 19.5 Å². The smallest absolute Gasteiger partial charge is 0.362 e. The van der Waals surface area contributed by atoms with Gasteiger partial charge in [-0.3, -0.25) is 9.36 Å². The molecule has 0 spiro atoms. The van der Waals surface area contributed by atoms with Crippen LogP contribution in [0.3, 0.4) is 0 Å². The maximum atomic E-state index is 12.9. The second-order valence-electron chi connectivity index (χ2n) is 6.22. The van der Waals surface area contributed by atoms with Crippen LogP contribution in [-0.4, -0.2) is 25.4 Å². The Morgan fingerprint density at radius 1 is 1.11 bits per heavy atom. The van der Waals surface area contributed by atoms with Crippen LogP contribution in [0.4, 0.5) is 0 Å². The molecule has 0 atom stereocenters. The third-order valence-corrected chi connectivity index (χ3v) is 4.18. The number of hydrogen-bond acceptors (Lipinski definition) is 4. The average Bonchev–Trinajstić information content (AvgIpc) is 2.57. The molecule has 0 unspecified atom stereocenters. The molecule has 0 fully saturated rings. The lowest BCUT2D eigenvalue weighted by Gasteiger charge is -2.12. The van der Waals surface area contributed by atoms with Gasteiger partial charge in [-0.2, -0.15) is 9.78 Å². The van der Waals surface area contributed by atoms with Crippen molar-refractivity contribution in [2.24, 2.45) is 0 Å². The molecular formula is C19H16ClN3O4. The van der Waals surface area contributed by atoms with E-state index in [1.54, 1.807) is 36.4 Å². The van der Waals surface area contributed by atoms with Gasteiger partial charge in [0.25, 0.3) is 5.56 Å². The highest BCUT2D eigenvalue weighted by Gasteiger charge is 2.20. The molecule has 0 amide bonds. The van der Waals surface area contributed by atoms with E-state index in [1.165, 1.54) is 0 Å². The molecule has 2 aromatic carbocycles. The summed E-state index contributed by atoms with van der Waals surface area (Å²) in [5.41, 5.74) is 0.321. The summed E-state index contributed by atoms with van der Waals surface area (Å²) in [6.45, 7) is 3.58. The topological polar surface area (TPSA) is 94.2 Å². The van der Waals surface area contributed by atoms with Crippen LogP contribution in [0.25, 0.3) is 5.69 Å². The number of benzene rings is 2. The van der Waals surface area contributed by atoms with Crippen molar-refractivity contribution in [3.63, 3.8) is 0 Å². The van der Waals surface area contributed by atoms with Crippen LogP contribution < -0.4 is 11.2 Å². The van der Waals surface area contributed by atoms with Gasteiger partial charge < -0.3 is 5.11 Å². The lowest BCUT2D eigenvalue weighted by Crippen LogP contribution is -2.44. The molecule has 1 N–H and O–H groups in total. The van der Waals surface area contributed by atoms with E-state index in [0.717, 1.165) is 20.4 Å². The Bertz CT molecular complexity index is 1140. The van der Waals surface area contributed by atoms with Gasteiger partial charge in [-0.25, -0.2) is 9.59 Å². The Kier molecular flexibility index (Phi) is 4.96. The van der Waals surface area contributed by atoms with Crippen molar-refractivity contribution in [3.8, 4) is 5.69 Å². The fourth-order valence-electron chi connectivity index (χ4n) is 2.85. The van der Waals surface area contributed by atoms with Gasteiger partial charge in [0, 0.05) is 5.02 Å². The predicted molar refractivity (Wildman–Crippen MR) is 101 cm³/mol. The highest BCUT2D eigenvalue weighted by molar-refractivity contribution is 6.30. The van der Waals surface area contributed by atoms with Crippen LogP contribution in [0.2, 0.25) is 5.02 Å². The molecule has 1 heterocycles. The number of halogens is 1. The molecule has 0 saturated carbocycles. The van der Waals surface area contributed by atoms with Gasteiger partial charge in [-0.05, 0) is 54.8 Å². The summed E-state index contributed by atoms with van der Waals surface area (Å²) in [6.07, 6.45) is 0. The summed E-state index contributed by atoms with van der Waals surface area (Å²) >= 11 is 5.96. The van der Waals surface area contributed by atoms with E-state index in [1.807, 2.05) is 19.9 Å². The molecular weight excluding hydrogens is 370 g/mol. The van der Waals surface area contributed by atoms with Crippen molar-refractivity contribution >= 4 is 17.6 Å². The van der Waals surface area contributed by atoms with Crippen molar-refractivity contribution in [2.75, 3.05) is 0 Å². The molecule has 8 heteroatoms. The number of aryl methyl sites for hydroxylation is 2. The van der Waals surface area contributed by atoms with Crippen LogP contribution in [0, 0.1) is 13.8 Å². The highest BCUT2D eigenvalue weighted by atomic mass is 35.5. The summed E-state index contributed by atoms with van der Waals surface area (Å²) in [5.74, 6) is -1.50. The van der Waals surface area contributed by atoms with Crippen LogP contribution in [-0.2, 0) is 6.54 Å². The Hall–Kier alpha value is -3.19. The van der Waals surface area contributed by atoms with Crippen LogP contribution in [0.5, 0.6) is 0 Å². The lowest BCUT2D eigenvalue weighted by molar-refractivity contribution is 0.0684. The fourth-order valence-corrected chi connectivity index (χ4v) is 3.06. The first-order valence-electron chi connectivity index (χ1n) is 8.07. The van der Waals surface area contributed by atoms with Crippen LogP contribution >= 0.6 is 11.6 Å². The summed E-state index contributed by atoms with van der Waals surface area (Å²) < 4.78 is 1.79. The van der Waals surface area contributed by atoms with Crippen LogP contribution in [0.1, 0.15) is 27.2 Å². The number of carboxylic acids is 1. The average molecular weight is 386 g/mol. The second kappa shape index (κ2) is 7.20. The molecule has 3 rings (SSSR count). The molecule has 1 aromatic heterocycles. The number of nitrogens with zero attached hydrogens (tertiary/aromatic N) is 3. The first-order valence-corrected chi connectivity index (χ1v) is 8.44.